The van der Waals surface area contributed by atoms with Crippen LogP contribution in [0.4, 0.5) is 0 Å². The van der Waals surface area contributed by atoms with Gasteiger partial charge in [0.1, 0.15) is 11.6 Å². The van der Waals surface area contributed by atoms with Gasteiger partial charge in [-0.2, -0.15) is 0 Å². The van der Waals surface area contributed by atoms with Crippen molar-refractivity contribution >= 4 is 22.6 Å². The third-order valence-corrected chi connectivity index (χ3v) is 4.11. The van der Waals surface area contributed by atoms with E-state index in [4.69, 9.17) is 21.1 Å². The molecule has 0 atom stereocenters. The molecule has 3 rings (SSSR count). The second-order valence-corrected chi connectivity index (χ2v) is 5.81. The molecule has 2 aromatic rings. The van der Waals surface area contributed by atoms with Gasteiger partial charge in [0.2, 0.25) is 0 Å². The molecule has 1 aromatic heterocycles. The highest BCUT2D eigenvalue weighted by atomic mass is 35.5. The van der Waals surface area contributed by atoms with Crippen LogP contribution in [0.3, 0.4) is 0 Å². The average molecular weight is 309 g/mol. The lowest BCUT2D eigenvalue weighted by Gasteiger charge is -2.08. The topological polar surface area (TPSA) is 36.3 Å². The van der Waals surface area contributed by atoms with Gasteiger partial charge in [-0.25, -0.2) is 4.98 Å². The van der Waals surface area contributed by atoms with E-state index in [2.05, 4.69) is 9.55 Å². The van der Waals surface area contributed by atoms with E-state index in [0.717, 1.165) is 54.7 Å². The minimum atomic E-state index is 0.417. The van der Waals surface area contributed by atoms with Crippen molar-refractivity contribution < 1.29 is 9.47 Å². The van der Waals surface area contributed by atoms with Crippen molar-refractivity contribution in [3.05, 3.63) is 24.0 Å². The molecule has 0 saturated heterocycles. The summed E-state index contributed by atoms with van der Waals surface area (Å²) >= 11 is 6.02. The van der Waals surface area contributed by atoms with Crippen molar-refractivity contribution in [1.29, 1.82) is 0 Å². The zero-order valence-electron chi connectivity index (χ0n) is 12.3. The zero-order chi connectivity index (χ0) is 14.7. The van der Waals surface area contributed by atoms with Gasteiger partial charge in [-0.1, -0.05) is 0 Å². The van der Waals surface area contributed by atoms with Crippen LogP contribution in [0.5, 0.6) is 5.75 Å². The number of ether oxygens (including phenoxy) is 2. The first-order chi connectivity index (χ1) is 10.3. The van der Waals surface area contributed by atoms with Crippen LogP contribution in [0.25, 0.3) is 11.0 Å². The highest BCUT2D eigenvalue weighted by molar-refractivity contribution is 6.16. The predicted molar refractivity (Wildman–Crippen MR) is 84.0 cm³/mol. The van der Waals surface area contributed by atoms with Gasteiger partial charge in [-0.15, -0.1) is 11.6 Å². The van der Waals surface area contributed by atoms with Crippen molar-refractivity contribution in [2.75, 3.05) is 20.3 Å². The molecule has 1 saturated carbocycles. The molecule has 1 fully saturated rings. The van der Waals surface area contributed by atoms with Crippen LogP contribution in [-0.4, -0.2) is 29.9 Å². The maximum atomic E-state index is 6.02. The second kappa shape index (κ2) is 6.67. The van der Waals surface area contributed by atoms with Crippen LogP contribution in [0, 0.1) is 5.92 Å². The molecule has 0 bridgehead atoms. The first-order valence-electron chi connectivity index (χ1n) is 7.48. The molecule has 21 heavy (non-hydrogen) atoms. The molecule has 0 amide bonds. The van der Waals surface area contributed by atoms with Gasteiger partial charge in [-0.3, -0.25) is 0 Å². The van der Waals surface area contributed by atoms with Crippen LogP contribution >= 0.6 is 11.6 Å². The number of fused-ring (bicyclic) bond motifs is 1. The number of aromatic nitrogens is 2. The highest BCUT2D eigenvalue weighted by Gasteiger charge is 2.20. The van der Waals surface area contributed by atoms with E-state index in [1.165, 1.54) is 12.8 Å². The van der Waals surface area contributed by atoms with Crippen molar-refractivity contribution in [3.8, 4) is 5.75 Å². The van der Waals surface area contributed by atoms with Gasteiger partial charge >= 0.3 is 0 Å². The maximum absolute atomic E-state index is 6.02. The number of nitrogens with zero attached hydrogens (tertiary/aromatic N) is 2. The van der Waals surface area contributed by atoms with Gasteiger partial charge in [-0.05, 0) is 37.3 Å². The molecule has 4 nitrogen and oxygen atoms in total. The fraction of sp³-hybridized carbons (Fsp3) is 0.562. The number of aryl methyl sites for hydroxylation is 1. The molecule has 0 spiro atoms. The Morgan fingerprint density at radius 3 is 2.95 bits per heavy atom. The third kappa shape index (κ3) is 3.50. The van der Waals surface area contributed by atoms with Crippen molar-refractivity contribution in [3.63, 3.8) is 0 Å². The Labute approximate surface area is 130 Å². The molecule has 0 radical (unpaired) electrons. The van der Waals surface area contributed by atoms with Crippen LogP contribution in [0.1, 0.15) is 25.1 Å². The molecular formula is C16H21ClN2O2. The summed E-state index contributed by atoms with van der Waals surface area (Å²) in [6, 6.07) is 5.95. The lowest BCUT2D eigenvalue weighted by atomic mass is 10.3. The van der Waals surface area contributed by atoms with E-state index in [1.54, 1.807) is 7.11 Å². The van der Waals surface area contributed by atoms with Gasteiger partial charge < -0.3 is 14.0 Å². The molecule has 1 aliphatic rings. The monoisotopic (exact) mass is 308 g/mol. The number of hydrogen-bond donors (Lipinski definition) is 0. The normalized spacial score (nSPS) is 14.8. The molecule has 1 heterocycles. The number of halogens is 1. The maximum Gasteiger partial charge on any atom is 0.124 e. The van der Waals surface area contributed by atoms with E-state index >= 15 is 0 Å². The smallest absolute Gasteiger partial charge is 0.124 e. The van der Waals surface area contributed by atoms with Gasteiger partial charge in [0.25, 0.3) is 0 Å². The molecule has 114 valence electrons. The minimum absolute atomic E-state index is 0.417. The Morgan fingerprint density at radius 2 is 2.24 bits per heavy atom. The van der Waals surface area contributed by atoms with Crippen LogP contribution in [0.15, 0.2) is 18.2 Å². The molecule has 0 unspecified atom stereocenters. The van der Waals surface area contributed by atoms with E-state index in [9.17, 15) is 0 Å². The van der Waals surface area contributed by atoms with Crippen LogP contribution < -0.4 is 4.74 Å². The summed E-state index contributed by atoms with van der Waals surface area (Å²) in [7, 11) is 1.66. The number of rotatable bonds is 8. The molecule has 0 aliphatic heterocycles. The first kappa shape index (κ1) is 14.7. The second-order valence-electron chi connectivity index (χ2n) is 5.54. The SMILES string of the molecule is COc1ccc2c(c1)nc(CCl)n2CCCOCC1CC1. The Hall–Kier alpha value is -1.26. The lowest BCUT2D eigenvalue weighted by Crippen LogP contribution is -2.06. The average Bonchev–Trinajstić information content (AvgIpc) is 3.27. The molecule has 0 N–H and O–H groups in total. The Kier molecular flexibility index (Phi) is 4.66. The summed E-state index contributed by atoms with van der Waals surface area (Å²) in [5.74, 6) is 2.97. The summed E-state index contributed by atoms with van der Waals surface area (Å²) in [5, 5.41) is 0. The minimum Gasteiger partial charge on any atom is -0.497 e. The number of imidazole rings is 1. The number of hydrogen-bond acceptors (Lipinski definition) is 3. The molecule has 1 aromatic carbocycles. The van der Waals surface area contributed by atoms with E-state index in [1.807, 2.05) is 18.2 Å². The van der Waals surface area contributed by atoms with Gasteiger partial charge in [0.15, 0.2) is 0 Å². The van der Waals surface area contributed by atoms with Gasteiger partial charge in [0, 0.05) is 25.8 Å². The predicted octanol–water partition coefficient (Wildman–Crippen LogP) is 3.60. The van der Waals surface area contributed by atoms with Gasteiger partial charge in [0.05, 0.1) is 24.0 Å². The number of alkyl halides is 1. The highest BCUT2D eigenvalue weighted by Crippen LogP contribution is 2.28. The lowest BCUT2D eigenvalue weighted by molar-refractivity contribution is 0.119. The van der Waals surface area contributed by atoms with E-state index in [0.29, 0.717) is 5.88 Å². The van der Waals surface area contributed by atoms with Crippen molar-refractivity contribution in [1.82, 2.24) is 9.55 Å². The number of methoxy groups -OCH3 is 1. The first-order valence-corrected chi connectivity index (χ1v) is 8.02. The van der Waals surface area contributed by atoms with E-state index in [-0.39, 0.29) is 0 Å². The zero-order valence-corrected chi connectivity index (χ0v) is 13.1. The van der Waals surface area contributed by atoms with Crippen molar-refractivity contribution in [2.45, 2.75) is 31.7 Å². The molecule has 1 aliphatic carbocycles. The summed E-state index contributed by atoms with van der Waals surface area (Å²) in [5.41, 5.74) is 2.04. The Balaban J connectivity index is 1.66. The quantitative estimate of drug-likeness (QED) is 0.552. The van der Waals surface area contributed by atoms with E-state index < -0.39 is 0 Å². The van der Waals surface area contributed by atoms with Crippen LogP contribution in [-0.2, 0) is 17.2 Å². The fourth-order valence-corrected chi connectivity index (χ4v) is 2.70. The summed E-state index contributed by atoms with van der Waals surface area (Å²) in [6.07, 6.45) is 3.66. The summed E-state index contributed by atoms with van der Waals surface area (Å²) in [6.45, 7) is 2.61. The third-order valence-electron chi connectivity index (χ3n) is 3.87. The largest absolute Gasteiger partial charge is 0.497 e. The fourth-order valence-electron chi connectivity index (χ4n) is 2.50. The summed E-state index contributed by atoms with van der Waals surface area (Å²) < 4.78 is 13.1. The Bertz CT molecular complexity index is 608. The standard InChI is InChI=1S/C16H21ClN2O2/c1-20-13-5-6-15-14(9-13)18-16(10-17)19(15)7-2-8-21-11-12-3-4-12/h5-6,9,12H,2-4,7-8,10-11H2,1H3. The van der Waals surface area contributed by atoms with Crippen molar-refractivity contribution in [2.24, 2.45) is 5.92 Å². The molecule has 5 heteroatoms. The summed E-state index contributed by atoms with van der Waals surface area (Å²) in [4.78, 5) is 4.59. The number of benzene rings is 1. The van der Waals surface area contributed by atoms with Crippen LogP contribution in [0.2, 0.25) is 0 Å². The molecular weight excluding hydrogens is 288 g/mol. The Morgan fingerprint density at radius 1 is 1.38 bits per heavy atom.